The molecule has 6 nitrogen and oxygen atoms in total. The number of rotatable bonds is 3. The summed E-state index contributed by atoms with van der Waals surface area (Å²) in [6.07, 6.45) is 0. The topological polar surface area (TPSA) is 75.7 Å². The number of hydrogen-bond acceptors (Lipinski definition) is 4. The lowest BCUT2D eigenvalue weighted by Gasteiger charge is -2.12. The molecule has 2 rings (SSSR count). The summed E-state index contributed by atoms with van der Waals surface area (Å²) in [6.45, 7) is 0.00133. The highest BCUT2D eigenvalue weighted by atomic mass is 19.1. The van der Waals surface area contributed by atoms with E-state index in [1.807, 2.05) is 0 Å². The second-order valence-corrected chi connectivity index (χ2v) is 3.83. The van der Waals surface area contributed by atoms with E-state index in [9.17, 15) is 18.8 Å². The van der Waals surface area contributed by atoms with E-state index in [0.717, 1.165) is 11.0 Å². The Hall–Kier alpha value is -2.44. The Bertz CT molecular complexity index is 532. The van der Waals surface area contributed by atoms with Crippen molar-refractivity contribution in [3.63, 3.8) is 0 Å². The van der Waals surface area contributed by atoms with Crippen LogP contribution < -0.4 is 5.32 Å². The third-order valence-corrected chi connectivity index (χ3v) is 2.58. The van der Waals surface area contributed by atoms with Crippen LogP contribution in [0.5, 0.6) is 0 Å². The van der Waals surface area contributed by atoms with Crippen molar-refractivity contribution in [2.24, 2.45) is 0 Å². The molecule has 1 aromatic rings. The molecule has 1 saturated heterocycles. The predicted octanol–water partition coefficient (Wildman–Crippen LogP) is 0.534. The number of carbonyl (C=O) groups excluding carboxylic acids is 3. The lowest BCUT2D eigenvalue weighted by molar-refractivity contribution is -0.130. The first kappa shape index (κ1) is 13.0. The van der Waals surface area contributed by atoms with Gasteiger partial charge in [0.15, 0.2) is 6.61 Å². The van der Waals surface area contributed by atoms with E-state index in [2.05, 4.69) is 10.1 Å². The fourth-order valence-electron chi connectivity index (χ4n) is 1.62. The Morgan fingerprint density at radius 3 is 2.74 bits per heavy atom. The fraction of sp³-hybridized carbons (Fsp3) is 0.250. The predicted molar refractivity (Wildman–Crippen MR) is 61.8 cm³/mol. The maximum atomic E-state index is 13.3. The quantitative estimate of drug-likeness (QED) is 0.810. The van der Waals surface area contributed by atoms with Gasteiger partial charge < -0.3 is 10.1 Å². The summed E-state index contributed by atoms with van der Waals surface area (Å²) in [4.78, 5) is 35.2. The van der Waals surface area contributed by atoms with Gasteiger partial charge in [-0.1, -0.05) is 12.1 Å². The molecule has 100 valence electrons. The molecule has 0 aliphatic carbocycles. The van der Waals surface area contributed by atoms with Gasteiger partial charge in [0, 0.05) is 13.1 Å². The van der Waals surface area contributed by atoms with E-state index in [-0.39, 0.29) is 12.1 Å². The van der Waals surface area contributed by atoms with Gasteiger partial charge in [0.1, 0.15) is 5.82 Å². The summed E-state index contributed by atoms with van der Waals surface area (Å²) >= 11 is 0. The Balaban J connectivity index is 1.92. The molecule has 3 amide bonds. The molecular formula is C12H11FN2O4. The van der Waals surface area contributed by atoms with Gasteiger partial charge >= 0.3 is 12.0 Å². The molecule has 7 heteroatoms. The number of carbonyl (C=O) groups is 3. The number of halogens is 1. The van der Waals surface area contributed by atoms with Crippen LogP contribution in [0.3, 0.4) is 0 Å². The second kappa shape index (κ2) is 5.47. The summed E-state index contributed by atoms with van der Waals surface area (Å²) in [5.74, 6) is -2.30. The van der Waals surface area contributed by atoms with Crippen LogP contribution in [-0.4, -0.2) is 42.5 Å². The average molecular weight is 266 g/mol. The lowest BCUT2D eigenvalue weighted by Crippen LogP contribution is -2.37. The minimum Gasteiger partial charge on any atom is -0.452 e. The van der Waals surface area contributed by atoms with Crippen molar-refractivity contribution in [2.75, 3.05) is 19.7 Å². The highest BCUT2D eigenvalue weighted by Crippen LogP contribution is 2.08. The zero-order valence-electron chi connectivity index (χ0n) is 9.89. The molecule has 1 heterocycles. The van der Waals surface area contributed by atoms with Crippen LogP contribution >= 0.6 is 0 Å². The van der Waals surface area contributed by atoms with Gasteiger partial charge in [-0.25, -0.2) is 14.0 Å². The number of nitrogens with one attached hydrogen (secondary N) is 1. The first-order valence-corrected chi connectivity index (χ1v) is 5.59. The third-order valence-electron chi connectivity index (χ3n) is 2.58. The van der Waals surface area contributed by atoms with Crippen molar-refractivity contribution < 1.29 is 23.5 Å². The highest BCUT2D eigenvalue weighted by molar-refractivity contribution is 5.98. The lowest BCUT2D eigenvalue weighted by atomic mass is 10.2. The number of imide groups is 1. The van der Waals surface area contributed by atoms with Crippen LogP contribution in [0, 0.1) is 5.82 Å². The SMILES string of the molecule is O=C(OCC(=O)N1CCNC1=O)c1ccccc1F. The summed E-state index contributed by atoms with van der Waals surface area (Å²) in [6, 6.07) is 4.77. The van der Waals surface area contributed by atoms with Crippen molar-refractivity contribution in [2.45, 2.75) is 0 Å². The van der Waals surface area contributed by atoms with E-state index in [4.69, 9.17) is 0 Å². The molecule has 1 aliphatic heterocycles. The molecule has 1 N–H and O–H groups in total. The fourth-order valence-corrected chi connectivity index (χ4v) is 1.62. The maximum Gasteiger partial charge on any atom is 0.341 e. The summed E-state index contributed by atoms with van der Waals surface area (Å²) in [7, 11) is 0. The van der Waals surface area contributed by atoms with E-state index >= 15 is 0 Å². The molecule has 0 spiro atoms. The van der Waals surface area contributed by atoms with Gasteiger partial charge in [0.25, 0.3) is 5.91 Å². The second-order valence-electron chi connectivity index (χ2n) is 3.83. The molecule has 0 saturated carbocycles. The van der Waals surface area contributed by atoms with Crippen molar-refractivity contribution in [1.29, 1.82) is 0 Å². The molecule has 0 aromatic heterocycles. The van der Waals surface area contributed by atoms with Gasteiger partial charge in [0.2, 0.25) is 0 Å². The Labute approximate surface area is 108 Å². The van der Waals surface area contributed by atoms with Gasteiger partial charge in [-0.05, 0) is 12.1 Å². The standard InChI is InChI=1S/C12H11FN2O4/c13-9-4-2-1-3-8(9)11(17)19-7-10(16)15-6-5-14-12(15)18/h1-4H,5-7H2,(H,14,18). The largest absolute Gasteiger partial charge is 0.452 e. The molecule has 1 aliphatic rings. The van der Waals surface area contributed by atoms with Crippen LogP contribution in [0.2, 0.25) is 0 Å². The van der Waals surface area contributed by atoms with E-state index in [0.29, 0.717) is 6.54 Å². The molecule has 1 aromatic carbocycles. The normalized spacial score (nSPS) is 14.2. The van der Waals surface area contributed by atoms with Crippen LogP contribution in [0.4, 0.5) is 9.18 Å². The number of ether oxygens (including phenoxy) is 1. The number of hydrogen-bond donors (Lipinski definition) is 1. The van der Waals surface area contributed by atoms with Crippen molar-refractivity contribution >= 4 is 17.9 Å². The van der Waals surface area contributed by atoms with Crippen LogP contribution in [0.25, 0.3) is 0 Å². The molecular weight excluding hydrogens is 255 g/mol. The van der Waals surface area contributed by atoms with Crippen LogP contribution in [-0.2, 0) is 9.53 Å². The molecule has 0 radical (unpaired) electrons. The van der Waals surface area contributed by atoms with E-state index < -0.39 is 30.3 Å². The summed E-state index contributed by atoms with van der Waals surface area (Å²) in [5.41, 5.74) is -0.249. The van der Waals surface area contributed by atoms with Crippen molar-refractivity contribution in [3.8, 4) is 0 Å². The average Bonchev–Trinajstić information content (AvgIpc) is 2.82. The summed E-state index contributed by atoms with van der Waals surface area (Å²) in [5, 5.41) is 2.44. The molecule has 0 unspecified atom stereocenters. The first-order chi connectivity index (χ1) is 9.09. The monoisotopic (exact) mass is 266 g/mol. The Morgan fingerprint density at radius 2 is 2.11 bits per heavy atom. The number of urea groups is 1. The third kappa shape index (κ3) is 2.87. The number of amides is 3. The molecule has 19 heavy (non-hydrogen) atoms. The number of nitrogens with zero attached hydrogens (tertiary/aromatic N) is 1. The molecule has 1 fully saturated rings. The van der Waals surface area contributed by atoms with Crippen molar-refractivity contribution in [1.82, 2.24) is 10.2 Å². The molecule has 0 bridgehead atoms. The maximum absolute atomic E-state index is 13.3. The molecule has 0 atom stereocenters. The summed E-state index contributed by atoms with van der Waals surface area (Å²) < 4.78 is 17.9. The minimum absolute atomic E-state index is 0.231. The van der Waals surface area contributed by atoms with Gasteiger partial charge in [-0.2, -0.15) is 0 Å². The van der Waals surface area contributed by atoms with Crippen molar-refractivity contribution in [3.05, 3.63) is 35.6 Å². The highest BCUT2D eigenvalue weighted by Gasteiger charge is 2.27. The Kier molecular flexibility index (Phi) is 3.74. The van der Waals surface area contributed by atoms with E-state index in [1.165, 1.54) is 18.2 Å². The minimum atomic E-state index is -0.939. The number of benzene rings is 1. The van der Waals surface area contributed by atoms with Gasteiger partial charge in [-0.3, -0.25) is 9.69 Å². The van der Waals surface area contributed by atoms with Gasteiger partial charge in [0.05, 0.1) is 5.56 Å². The number of esters is 1. The van der Waals surface area contributed by atoms with Crippen LogP contribution in [0.15, 0.2) is 24.3 Å². The zero-order chi connectivity index (χ0) is 13.8. The first-order valence-electron chi connectivity index (χ1n) is 5.59. The van der Waals surface area contributed by atoms with E-state index in [1.54, 1.807) is 0 Å². The smallest absolute Gasteiger partial charge is 0.341 e. The van der Waals surface area contributed by atoms with Crippen LogP contribution in [0.1, 0.15) is 10.4 Å². The Morgan fingerprint density at radius 1 is 1.37 bits per heavy atom. The van der Waals surface area contributed by atoms with Gasteiger partial charge in [-0.15, -0.1) is 0 Å². The zero-order valence-corrected chi connectivity index (χ0v) is 9.89.